The maximum Gasteiger partial charge on any atom is 0.227 e. The van der Waals surface area contributed by atoms with Gasteiger partial charge >= 0.3 is 0 Å². The number of pyridine rings is 1. The number of likely N-dealkylation sites (tertiary alicyclic amines) is 2. The lowest BCUT2D eigenvalue weighted by atomic mass is 9.71. The third-order valence-corrected chi connectivity index (χ3v) is 5.33. The fourth-order valence-electron chi connectivity index (χ4n) is 3.97. The van der Waals surface area contributed by atoms with Gasteiger partial charge < -0.3 is 14.9 Å². The van der Waals surface area contributed by atoms with Gasteiger partial charge in [0.1, 0.15) is 0 Å². The quantitative estimate of drug-likeness (QED) is 0.872. The predicted octanol–water partition coefficient (Wildman–Crippen LogP) is 0.846. The lowest BCUT2D eigenvalue weighted by Crippen LogP contribution is -2.55. The molecule has 2 fully saturated rings. The first-order valence-corrected chi connectivity index (χ1v) is 8.58. The van der Waals surface area contributed by atoms with Crippen LogP contribution in [0.3, 0.4) is 0 Å². The Morgan fingerprint density at radius 1 is 1.33 bits per heavy atom. The Kier molecular flexibility index (Phi) is 4.85. The van der Waals surface area contributed by atoms with Crippen LogP contribution in [0.1, 0.15) is 31.7 Å². The largest absolute Gasteiger partial charge is 0.391 e. The molecule has 3 rings (SSSR count). The summed E-state index contributed by atoms with van der Waals surface area (Å²) in [5.41, 5.74) is 0.882. The molecule has 6 heteroatoms. The number of hydrogen-bond acceptors (Lipinski definition) is 4. The van der Waals surface area contributed by atoms with E-state index >= 15 is 0 Å². The van der Waals surface area contributed by atoms with Gasteiger partial charge in [-0.1, -0.05) is 6.07 Å². The van der Waals surface area contributed by atoms with Gasteiger partial charge in [0.05, 0.1) is 12.5 Å². The zero-order chi connectivity index (χ0) is 17.2. The number of hydrogen-bond donors (Lipinski definition) is 1. The number of aromatic nitrogens is 1. The van der Waals surface area contributed by atoms with Crippen LogP contribution in [0.4, 0.5) is 0 Å². The maximum absolute atomic E-state index is 12.5. The summed E-state index contributed by atoms with van der Waals surface area (Å²) in [6.45, 7) is 4.07. The van der Waals surface area contributed by atoms with Gasteiger partial charge in [0.25, 0.3) is 0 Å². The Hall–Kier alpha value is -1.95. The van der Waals surface area contributed by atoms with E-state index in [0.29, 0.717) is 32.6 Å². The molecule has 3 heterocycles. The van der Waals surface area contributed by atoms with Crippen LogP contribution in [0.25, 0.3) is 0 Å². The minimum absolute atomic E-state index is 0.0169. The Morgan fingerprint density at radius 3 is 2.71 bits per heavy atom. The lowest BCUT2D eigenvalue weighted by Gasteiger charge is -2.49. The molecular weight excluding hydrogens is 306 g/mol. The number of β-amino-alcohol motifs (C(OH)–C–C–N with tert-alkyl or cyclic N) is 1. The highest BCUT2D eigenvalue weighted by Crippen LogP contribution is 2.40. The molecule has 0 aromatic carbocycles. The molecular formula is C18H25N3O3. The molecule has 130 valence electrons. The van der Waals surface area contributed by atoms with E-state index in [1.807, 2.05) is 17.0 Å². The van der Waals surface area contributed by atoms with Crippen LogP contribution >= 0.6 is 0 Å². The number of carbonyl (C=O) groups is 2. The number of aliphatic hydroxyl groups excluding tert-OH is 1. The van der Waals surface area contributed by atoms with Crippen molar-refractivity contribution in [3.63, 3.8) is 0 Å². The molecule has 1 aromatic rings. The van der Waals surface area contributed by atoms with Crippen molar-refractivity contribution in [2.24, 2.45) is 5.41 Å². The molecule has 1 unspecified atom stereocenters. The molecule has 2 aliphatic rings. The van der Waals surface area contributed by atoms with E-state index in [-0.39, 0.29) is 17.2 Å². The van der Waals surface area contributed by atoms with Crippen molar-refractivity contribution in [3.8, 4) is 0 Å². The van der Waals surface area contributed by atoms with Crippen molar-refractivity contribution in [3.05, 3.63) is 30.1 Å². The van der Waals surface area contributed by atoms with Gasteiger partial charge in [0, 0.05) is 45.5 Å². The Bertz CT molecular complexity index is 597. The van der Waals surface area contributed by atoms with Gasteiger partial charge in [0.2, 0.25) is 11.8 Å². The van der Waals surface area contributed by atoms with Crippen molar-refractivity contribution >= 4 is 11.8 Å². The average molecular weight is 331 g/mol. The molecule has 0 bridgehead atoms. The summed E-state index contributed by atoms with van der Waals surface area (Å²) in [6.07, 6.45) is 5.75. The molecule has 1 N–H and O–H groups in total. The molecule has 2 amide bonds. The highest BCUT2D eigenvalue weighted by molar-refractivity contribution is 5.78. The Labute approximate surface area is 142 Å². The molecule has 1 spiro atoms. The van der Waals surface area contributed by atoms with Crippen LogP contribution < -0.4 is 0 Å². The first-order valence-electron chi connectivity index (χ1n) is 8.58. The van der Waals surface area contributed by atoms with Crippen LogP contribution in [-0.4, -0.2) is 64.0 Å². The van der Waals surface area contributed by atoms with E-state index in [1.165, 1.54) is 0 Å². The smallest absolute Gasteiger partial charge is 0.227 e. The van der Waals surface area contributed by atoms with Gasteiger partial charge in [-0.2, -0.15) is 0 Å². The van der Waals surface area contributed by atoms with E-state index in [2.05, 4.69) is 4.98 Å². The summed E-state index contributed by atoms with van der Waals surface area (Å²) in [5, 5.41) is 10.1. The van der Waals surface area contributed by atoms with Crippen molar-refractivity contribution in [1.82, 2.24) is 14.8 Å². The van der Waals surface area contributed by atoms with Crippen LogP contribution in [0.15, 0.2) is 24.5 Å². The molecule has 1 atom stereocenters. The van der Waals surface area contributed by atoms with Gasteiger partial charge in [-0.15, -0.1) is 0 Å². The van der Waals surface area contributed by atoms with E-state index < -0.39 is 6.10 Å². The second kappa shape index (κ2) is 6.89. The topological polar surface area (TPSA) is 73.7 Å². The fraction of sp³-hybridized carbons (Fsp3) is 0.611. The van der Waals surface area contributed by atoms with E-state index in [1.54, 1.807) is 24.2 Å². The number of aliphatic hydroxyl groups is 1. The zero-order valence-corrected chi connectivity index (χ0v) is 14.1. The number of amides is 2. The molecule has 0 aliphatic carbocycles. The van der Waals surface area contributed by atoms with E-state index in [9.17, 15) is 14.7 Å². The minimum atomic E-state index is -0.458. The van der Waals surface area contributed by atoms with Gasteiger partial charge in [-0.25, -0.2) is 0 Å². The highest BCUT2D eigenvalue weighted by atomic mass is 16.3. The summed E-state index contributed by atoms with van der Waals surface area (Å²) in [4.78, 5) is 31.9. The van der Waals surface area contributed by atoms with Crippen molar-refractivity contribution in [1.29, 1.82) is 0 Å². The molecule has 24 heavy (non-hydrogen) atoms. The normalized spacial score (nSPS) is 23.3. The van der Waals surface area contributed by atoms with Crippen LogP contribution in [0.5, 0.6) is 0 Å². The summed E-state index contributed by atoms with van der Waals surface area (Å²) < 4.78 is 0. The van der Waals surface area contributed by atoms with Gasteiger partial charge in [0.15, 0.2) is 0 Å². The molecule has 0 saturated carbocycles. The summed E-state index contributed by atoms with van der Waals surface area (Å²) in [5.74, 6) is 0.140. The van der Waals surface area contributed by atoms with Crippen LogP contribution in [0.2, 0.25) is 0 Å². The minimum Gasteiger partial charge on any atom is -0.391 e. The third kappa shape index (κ3) is 3.75. The monoisotopic (exact) mass is 331 g/mol. The Morgan fingerprint density at radius 2 is 2.08 bits per heavy atom. The average Bonchev–Trinajstić information content (AvgIpc) is 2.55. The predicted molar refractivity (Wildman–Crippen MR) is 89.1 cm³/mol. The van der Waals surface area contributed by atoms with E-state index in [0.717, 1.165) is 24.8 Å². The second-order valence-electron chi connectivity index (χ2n) is 7.18. The van der Waals surface area contributed by atoms with E-state index in [4.69, 9.17) is 0 Å². The number of rotatable bonds is 2. The maximum atomic E-state index is 12.5. The van der Waals surface area contributed by atoms with Crippen molar-refractivity contribution in [2.75, 3.05) is 26.2 Å². The first kappa shape index (κ1) is 16.9. The summed E-state index contributed by atoms with van der Waals surface area (Å²) in [6, 6.07) is 3.76. The number of piperidine rings is 2. The molecule has 1 aromatic heterocycles. The lowest BCUT2D eigenvalue weighted by molar-refractivity contribution is -0.141. The fourth-order valence-corrected chi connectivity index (χ4v) is 3.97. The Balaban J connectivity index is 1.58. The van der Waals surface area contributed by atoms with Gasteiger partial charge in [-0.05, 0) is 36.3 Å². The summed E-state index contributed by atoms with van der Waals surface area (Å²) in [7, 11) is 0. The molecule has 0 radical (unpaired) electrons. The standard InChI is InChI=1S/C18H25N3O3/c1-14(22)21-12-16(23)10-18(13-21)4-7-20(8-5-18)17(24)9-15-3-2-6-19-11-15/h2-3,6,11,16,23H,4-5,7-10,12-13H2,1H3. The molecule has 6 nitrogen and oxygen atoms in total. The number of nitrogens with zero attached hydrogens (tertiary/aromatic N) is 3. The van der Waals surface area contributed by atoms with Crippen LogP contribution in [0, 0.1) is 5.41 Å². The number of carbonyl (C=O) groups excluding carboxylic acids is 2. The highest BCUT2D eigenvalue weighted by Gasteiger charge is 2.42. The zero-order valence-electron chi connectivity index (χ0n) is 14.1. The molecule has 2 saturated heterocycles. The van der Waals surface area contributed by atoms with Crippen LogP contribution in [-0.2, 0) is 16.0 Å². The third-order valence-electron chi connectivity index (χ3n) is 5.33. The van der Waals surface area contributed by atoms with Crippen molar-refractivity contribution < 1.29 is 14.7 Å². The van der Waals surface area contributed by atoms with Gasteiger partial charge in [-0.3, -0.25) is 14.6 Å². The first-order chi connectivity index (χ1) is 11.5. The molecule has 2 aliphatic heterocycles. The SMILES string of the molecule is CC(=O)N1CC(O)CC2(CCN(C(=O)Cc3cccnc3)CC2)C1. The van der Waals surface area contributed by atoms with Crippen molar-refractivity contribution in [2.45, 2.75) is 38.7 Å². The second-order valence-corrected chi connectivity index (χ2v) is 7.18. The summed E-state index contributed by atoms with van der Waals surface area (Å²) >= 11 is 0.